The van der Waals surface area contributed by atoms with Crippen molar-refractivity contribution in [3.05, 3.63) is 30.0 Å². The predicted molar refractivity (Wildman–Crippen MR) is 103 cm³/mol. The Labute approximate surface area is 160 Å². The molecule has 0 saturated carbocycles. The highest BCUT2D eigenvalue weighted by atomic mass is 32.2. The highest BCUT2D eigenvalue weighted by molar-refractivity contribution is 7.99. The number of fused-ring (bicyclic) bond motifs is 1. The lowest BCUT2D eigenvalue weighted by Crippen LogP contribution is -2.25. The van der Waals surface area contributed by atoms with Gasteiger partial charge in [0.2, 0.25) is 5.95 Å². The summed E-state index contributed by atoms with van der Waals surface area (Å²) in [5.41, 5.74) is 2.32. The molecule has 1 amide bonds. The first-order chi connectivity index (χ1) is 13.1. The number of rotatable bonds is 6. The normalized spacial score (nSPS) is 17.0. The topological polar surface area (TPSA) is 112 Å². The van der Waals surface area contributed by atoms with Gasteiger partial charge < -0.3 is 19.9 Å². The fraction of sp³-hybridized carbons (Fsp3) is 0.412. The highest BCUT2D eigenvalue weighted by Crippen LogP contribution is 2.25. The lowest BCUT2D eigenvalue weighted by molar-refractivity contribution is 0.0956. The van der Waals surface area contributed by atoms with Crippen molar-refractivity contribution >= 4 is 34.7 Å². The maximum atomic E-state index is 12.4. The zero-order valence-corrected chi connectivity index (χ0v) is 15.7. The highest BCUT2D eigenvalue weighted by Gasteiger charge is 2.24. The third-order valence-electron chi connectivity index (χ3n) is 4.60. The maximum absolute atomic E-state index is 12.4. The first kappa shape index (κ1) is 17.8. The van der Waals surface area contributed by atoms with E-state index in [0.29, 0.717) is 24.4 Å². The predicted octanol–water partition coefficient (Wildman–Crippen LogP) is 0.784. The van der Waals surface area contributed by atoms with Crippen molar-refractivity contribution in [2.75, 3.05) is 30.3 Å². The molecule has 0 bridgehead atoms. The minimum absolute atomic E-state index is 0.124. The summed E-state index contributed by atoms with van der Waals surface area (Å²) in [6.45, 7) is 1.91. The summed E-state index contributed by atoms with van der Waals surface area (Å²) in [6.07, 6.45) is 2.10. The van der Waals surface area contributed by atoms with Gasteiger partial charge in [-0.2, -0.15) is 10.3 Å². The second kappa shape index (κ2) is 7.57. The van der Waals surface area contributed by atoms with Gasteiger partial charge in [0.25, 0.3) is 5.91 Å². The molecule has 10 heteroatoms. The Balaban J connectivity index is 1.42. The van der Waals surface area contributed by atoms with Crippen LogP contribution in [0.25, 0.3) is 11.0 Å². The molecule has 0 radical (unpaired) electrons. The summed E-state index contributed by atoms with van der Waals surface area (Å²) in [5, 5.41) is 23.7. The van der Waals surface area contributed by atoms with Crippen LogP contribution in [-0.4, -0.2) is 67.5 Å². The average molecular weight is 387 g/mol. The molecule has 2 aromatic heterocycles. The van der Waals surface area contributed by atoms with E-state index in [9.17, 15) is 9.90 Å². The number of β-amino-alcohol motifs (C(OH)–C–C–N with tert-alkyl or cyclic N) is 1. The molecule has 0 spiro atoms. The molecule has 0 unspecified atom stereocenters. The molecule has 9 nitrogen and oxygen atoms in total. The Hall–Kier alpha value is -2.59. The summed E-state index contributed by atoms with van der Waals surface area (Å²) in [6, 6.07) is 5.54. The van der Waals surface area contributed by atoms with E-state index in [4.69, 9.17) is 0 Å². The number of H-pyrrole nitrogens is 1. The summed E-state index contributed by atoms with van der Waals surface area (Å²) in [7, 11) is 1.95. The smallest absolute Gasteiger partial charge is 0.251 e. The van der Waals surface area contributed by atoms with Gasteiger partial charge in [-0.15, -0.1) is 16.9 Å². The number of thioether (sulfide) groups is 1. The Morgan fingerprint density at radius 2 is 2.37 bits per heavy atom. The number of aromatic nitrogens is 5. The summed E-state index contributed by atoms with van der Waals surface area (Å²) >= 11 is 1.53. The molecule has 4 rings (SSSR count). The number of nitrogens with one attached hydrogen (secondary N) is 2. The monoisotopic (exact) mass is 387 g/mol. The number of imidazole rings is 1. The Kier molecular flexibility index (Phi) is 4.99. The van der Waals surface area contributed by atoms with Crippen molar-refractivity contribution in [3.63, 3.8) is 0 Å². The third kappa shape index (κ3) is 3.76. The molecule has 1 aromatic carbocycles. The number of nitrogens with zero attached hydrogens (tertiary/aromatic N) is 5. The molecule has 3 N–H and O–H groups in total. The van der Waals surface area contributed by atoms with E-state index in [2.05, 4.69) is 30.6 Å². The summed E-state index contributed by atoms with van der Waals surface area (Å²) in [5.74, 6) is 1.41. The maximum Gasteiger partial charge on any atom is 0.251 e. The van der Waals surface area contributed by atoms with Crippen molar-refractivity contribution in [1.29, 1.82) is 0 Å². The van der Waals surface area contributed by atoms with E-state index in [1.807, 2.05) is 29.8 Å². The second-order valence-electron chi connectivity index (χ2n) is 6.48. The Morgan fingerprint density at radius 1 is 1.48 bits per heavy atom. The van der Waals surface area contributed by atoms with Gasteiger partial charge in [0.15, 0.2) is 0 Å². The van der Waals surface area contributed by atoms with Crippen LogP contribution < -0.4 is 10.2 Å². The van der Waals surface area contributed by atoms with Crippen molar-refractivity contribution in [2.24, 2.45) is 7.05 Å². The van der Waals surface area contributed by atoms with Gasteiger partial charge in [-0.3, -0.25) is 4.79 Å². The lowest BCUT2D eigenvalue weighted by Gasteiger charge is -2.16. The Morgan fingerprint density at radius 3 is 3.11 bits per heavy atom. The first-order valence-electron chi connectivity index (χ1n) is 8.78. The zero-order chi connectivity index (χ0) is 18.8. The van der Waals surface area contributed by atoms with Crippen LogP contribution in [0.3, 0.4) is 0 Å². The molecular weight excluding hydrogens is 366 g/mol. The molecule has 142 valence electrons. The average Bonchev–Trinajstić information content (AvgIpc) is 3.39. The standard InChI is InChI=1S/C17H21N7O2S/c1-23-14-3-2-11(16(26)18-5-7-27-15-9-19-22-21-15)8-13(14)20-17(23)24-6-4-12(25)10-24/h2-3,8-9,12,25H,4-7,10H2,1H3,(H,18,26)(H,19,21,22)/t12-/m0/s1. The Bertz CT molecular complexity index is 940. The molecule has 1 aliphatic rings. The molecule has 1 saturated heterocycles. The number of carbonyl (C=O) groups excluding carboxylic acids is 1. The van der Waals surface area contributed by atoms with Crippen LogP contribution in [0.15, 0.2) is 29.4 Å². The first-order valence-corrected chi connectivity index (χ1v) is 9.76. The number of benzene rings is 1. The number of aliphatic hydroxyl groups excluding tert-OH is 1. The van der Waals surface area contributed by atoms with Gasteiger partial charge in [0.05, 0.1) is 23.3 Å². The van der Waals surface area contributed by atoms with E-state index in [-0.39, 0.29) is 12.0 Å². The molecule has 1 atom stereocenters. The molecule has 0 aliphatic carbocycles. The van der Waals surface area contributed by atoms with Gasteiger partial charge in [-0.1, -0.05) is 0 Å². The van der Waals surface area contributed by atoms with Crippen LogP contribution in [0.4, 0.5) is 5.95 Å². The SMILES string of the molecule is Cn1c(N2CC[C@H](O)C2)nc2cc(C(=O)NCCSc3cn[nH]n3)ccc21. The number of aliphatic hydroxyl groups is 1. The minimum atomic E-state index is -0.304. The summed E-state index contributed by atoms with van der Waals surface area (Å²) in [4.78, 5) is 19.2. The van der Waals surface area contributed by atoms with Crippen molar-refractivity contribution < 1.29 is 9.90 Å². The van der Waals surface area contributed by atoms with E-state index < -0.39 is 0 Å². The van der Waals surface area contributed by atoms with Gasteiger partial charge in [-0.05, 0) is 24.6 Å². The van der Waals surface area contributed by atoms with Crippen LogP contribution in [0, 0.1) is 0 Å². The van der Waals surface area contributed by atoms with Gasteiger partial charge >= 0.3 is 0 Å². The van der Waals surface area contributed by atoms with Gasteiger partial charge in [0.1, 0.15) is 5.03 Å². The van der Waals surface area contributed by atoms with Gasteiger partial charge in [0, 0.05) is 38.0 Å². The quantitative estimate of drug-likeness (QED) is 0.423. The van der Waals surface area contributed by atoms with Crippen LogP contribution >= 0.6 is 11.8 Å². The van der Waals surface area contributed by atoms with Crippen molar-refractivity contribution in [2.45, 2.75) is 17.6 Å². The van der Waals surface area contributed by atoms with E-state index >= 15 is 0 Å². The zero-order valence-electron chi connectivity index (χ0n) is 14.9. The number of carbonyl (C=O) groups is 1. The number of aromatic amines is 1. The van der Waals surface area contributed by atoms with Crippen LogP contribution in [-0.2, 0) is 7.05 Å². The molecule has 27 heavy (non-hydrogen) atoms. The largest absolute Gasteiger partial charge is 0.391 e. The van der Waals surface area contributed by atoms with Crippen LogP contribution in [0.5, 0.6) is 0 Å². The number of anilines is 1. The fourth-order valence-corrected chi connectivity index (χ4v) is 3.86. The number of aryl methyl sites for hydroxylation is 1. The molecule has 1 fully saturated rings. The third-order valence-corrected chi connectivity index (χ3v) is 5.50. The van der Waals surface area contributed by atoms with Crippen molar-refractivity contribution in [1.82, 2.24) is 30.3 Å². The fourth-order valence-electron chi connectivity index (χ4n) is 3.22. The number of amides is 1. The van der Waals surface area contributed by atoms with Gasteiger partial charge in [-0.25, -0.2) is 4.98 Å². The number of hydrogen-bond donors (Lipinski definition) is 3. The van der Waals surface area contributed by atoms with E-state index in [0.717, 1.165) is 35.0 Å². The van der Waals surface area contributed by atoms with Crippen LogP contribution in [0.2, 0.25) is 0 Å². The molecule has 1 aliphatic heterocycles. The lowest BCUT2D eigenvalue weighted by atomic mass is 10.2. The molecule has 3 heterocycles. The van der Waals surface area contributed by atoms with E-state index in [1.165, 1.54) is 11.8 Å². The van der Waals surface area contributed by atoms with Crippen molar-refractivity contribution in [3.8, 4) is 0 Å². The second-order valence-corrected chi connectivity index (χ2v) is 7.59. The summed E-state index contributed by atoms with van der Waals surface area (Å²) < 4.78 is 2.00. The minimum Gasteiger partial charge on any atom is -0.391 e. The molecule has 3 aromatic rings. The van der Waals surface area contributed by atoms with E-state index in [1.54, 1.807) is 6.20 Å². The number of hydrogen-bond acceptors (Lipinski definition) is 7. The molecular formula is C17H21N7O2S. The van der Waals surface area contributed by atoms with Crippen LogP contribution in [0.1, 0.15) is 16.8 Å².